The zero-order valence-corrected chi connectivity index (χ0v) is 11.9. The summed E-state index contributed by atoms with van der Waals surface area (Å²) in [7, 11) is 0. The summed E-state index contributed by atoms with van der Waals surface area (Å²) < 4.78 is 0. The maximum Gasteiger partial charge on any atom is 0.225 e. The van der Waals surface area contributed by atoms with Crippen molar-refractivity contribution in [3.05, 3.63) is 46.0 Å². The zero-order chi connectivity index (χ0) is 13.8. The predicted molar refractivity (Wildman–Crippen MR) is 77.5 cm³/mol. The van der Waals surface area contributed by atoms with Crippen LogP contribution in [-0.4, -0.2) is 12.2 Å². The number of nitrogens with one attached hydrogen (secondary N) is 1. The molecule has 1 aromatic rings. The second-order valence-electron chi connectivity index (χ2n) is 4.46. The van der Waals surface area contributed by atoms with Crippen LogP contribution < -0.4 is 5.32 Å². The summed E-state index contributed by atoms with van der Waals surface area (Å²) >= 11 is 1.41. The fourth-order valence-corrected chi connectivity index (χ4v) is 2.87. The fraction of sp³-hybridized carbons (Fsp3) is 0.333. The van der Waals surface area contributed by atoms with Gasteiger partial charge < -0.3 is 5.32 Å². The van der Waals surface area contributed by atoms with Gasteiger partial charge in [-0.25, -0.2) is 0 Å². The van der Waals surface area contributed by atoms with Gasteiger partial charge in [0.15, 0.2) is 0 Å². The average molecular weight is 272 g/mol. The van der Waals surface area contributed by atoms with Crippen LogP contribution in [0.25, 0.3) is 0 Å². The maximum absolute atomic E-state index is 11.7. The lowest BCUT2D eigenvalue weighted by Gasteiger charge is -2.24. The Bertz CT molecular complexity index is 555. The highest BCUT2D eigenvalue weighted by Crippen LogP contribution is 2.35. The molecule has 0 fully saturated rings. The topological polar surface area (TPSA) is 52.9 Å². The van der Waals surface area contributed by atoms with Gasteiger partial charge in [-0.1, -0.05) is 31.2 Å². The number of hydrogen-bond acceptors (Lipinski definition) is 3. The van der Waals surface area contributed by atoms with Gasteiger partial charge in [0.1, 0.15) is 0 Å². The monoisotopic (exact) mass is 272 g/mol. The lowest BCUT2D eigenvalue weighted by Crippen LogP contribution is -2.30. The van der Waals surface area contributed by atoms with Gasteiger partial charge in [0.25, 0.3) is 0 Å². The standard InChI is InChI=1S/C15H16N2OS/c1-3-10-4-6-11(7-5-10)12-8-14(18)17-15(19-2)13(12)9-16/h4-7,12H,3,8H2,1-2H3,(H,17,18). The van der Waals surface area contributed by atoms with Gasteiger partial charge in [0.05, 0.1) is 16.7 Å². The Morgan fingerprint density at radius 1 is 1.42 bits per heavy atom. The molecule has 0 saturated carbocycles. The van der Waals surface area contributed by atoms with Gasteiger partial charge in [-0.15, -0.1) is 11.8 Å². The van der Waals surface area contributed by atoms with Gasteiger partial charge in [0, 0.05) is 12.3 Å². The highest BCUT2D eigenvalue weighted by Gasteiger charge is 2.28. The number of aryl methyl sites for hydroxylation is 1. The maximum atomic E-state index is 11.7. The molecule has 0 aliphatic carbocycles. The third kappa shape index (κ3) is 2.82. The fourth-order valence-electron chi connectivity index (χ4n) is 2.25. The third-order valence-corrected chi connectivity index (χ3v) is 4.08. The van der Waals surface area contributed by atoms with Crippen molar-refractivity contribution in [2.45, 2.75) is 25.7 Å². The molecule has 1 atom stereocenters. The molecular weight excluding hydrogens is 256 g/mol. The van der Waals surface area contributed by atoms with E-state index in [0.717, 1.165) is 12.0 Å². The van der Waals surface area contributed by atoms with Gasteiger partial charge in [0.2, 0.25) is 5.91 Å². The number of rotatable bonds is 3. The molecule has 1 amide bonds. The van der Waals surface area contributed by atoms with Crippen LogP contribution in [0.4, 0.5) is 0 Å². The molecule has 19 heavy (non-hydrogen) atoms. The van der Waals surface area contributed by atoms with E-state index in [9.17, 15) is 10.1 Å². The number of amides is 1. The minimum Gasteiger partial charge on any atom is -0.320 e. The van der Waals surface area contributed by atoms with Crippen molar-refractivity contribution in [3.63, 3.8) is 0 Å². The lowest BCUT2D eigenvalue weighted by molar-refractivity contribution is -0.120. The summed E-state index contributed by atoms with van der Waals surface area (Å²) in [5.74, 6) is -0.139. The van der Waals surface area contributed by atoms with Crippen LogP contribution in [0.3, 0.4) is 0 Å². The first-order valence-electron chi connectivity index (χ1n) is 6.26. The molecule has 1 aliphatic rings. The molecule has 0 bridgehead atoms. The Balaban J connectivity index is 2.41. The number of carbonyl (C=O) groups excluding carboxylic acids is 1. The van der Waals surface area contributed by atoms with Gasteiger partial charge in [-0.3, -0.25) is 4.79 Å². The lowest BCUT2D eigenvalue weighted by atomic mass is 9.86. The minimum atomic E-state index is -0.118. The van der Waals surface area contributed by atoms with Crippen LogP contribution >= 0.6 is 11.8 Å². The molecule has 4 heteroatoms. The van der Waals surface area contributed by atoms with E-state index in [1.54, 1.807) is 0 Å². The summed E-state index contributed by atoms with van der Waals surface area (Å²) in [5.41, 5.74) is 2.96. The smallest absolute Gasteiger partial charge is 0.225 e. The predicted octanol–water partition coefficient (Wildman–Crippen LogP) is 2.95. The summed E-state index contributed by atoms with van der Waals surface area (Å²) in [4.78, 5) is 11.7. The van der Waals surface area contributed by atoms with Crippen molar-refractivity contribution >= 4 is 17.7 Å². The average Bonchev–Trinajstić information content (AvgIpc) is 2.46. The van der Waals surface area contributed by atoms with E-state index in [0.29, 0.717) is 17.0 Å². The van der Waals surface area contributed by atoms with Crippen LogP contribution in [0.1, 0.15) is 30.4 Å². The van der Waals surface area contributed by atoms with E-state index in [4.69, 9.17) is 0 Å². The number of thioether (sulfide) groups is 1. The molecule has 1 unspecified atom stereocenters. The Kier molecular flexibility index (Phi) is 4.28. The van der Waals surface area contributed by atoms with Crippen molar-refractivity contribution < 1.29 is 4.79 Å². The van der Waals surface area contributed by atoms with E-state index < -0.39 is 0 Å². The van der Waals surface area contributed by atoms with E-state index in [1.807, 2.05) is 18.4 Å². The number of nitrogens with zero attached hydrogens (tertiary/aromatic N) is 1. The molecule has 0 aromatic heterocycles. The summed E-state index contributed by atoms with van der Waals surface area (Å²) in [6, 6.07) is 10.4. The normalized spacial score (nSPS) is 19.0. The van der Waals surface area contributed by atoms with Gasteiger partial charge in [-0.2, -0.15) is 5.26 Å². The van der Waals surface area contributed by atoms with Crippen LogP contribution in [-0.2, 0) is 11.2 Å². The Morgan fingerprint density at radius 3 is 2.63 bits per heavy atom. The molecular formula is C15H16N2OS. The van der Waals surface area contributed by atoms with Crippen LogP contribution in [0, 0.1) is 11.3 Å². The first-order valence-corrected chi connectivity index (χ1v) is 7.49. The molecule has 0 radical (unpaired) electrons. The first kappa shape index (κ1) is 13.7. The second-order valence-corrected chi connectivity index (χ2v) is 5.28. The van der Waals surface area contributed by atoms with Crippen molar-refractivity contribution in [1.29, 1.82) is 5.26 Å². The molecule has 2 rings (SSSR count). The van der Waals surface area contributed by atoms with Crippen LogP contribution in [0.2, 0.25) is 0 Å². The Hall–Kier alpha value is -1.73. The van der Waals surface area contributed by atoms with Crippen LogP contribution in [0.5, 0.6) is 0 Å². The largest absolute Gasteiger partial charge is 0.320 e. The number of allylic oxidation sites excluding steroid dienone is 1. The van der Waals surface area contributed by atoms with Crippen molar-refractivity contribution in [3.8, 4) is 6.07 Å². The number of carbonyl (C=O) groups is 1. The SMILES string of the molecule is CCc1ccc(C2CC(=O)NC(SC)=C2C#N)cc1. The van der Waals surface area contributed by atoms with Gasteiger partial charge in [-0.05, 0) is 23.8 Å². The van der Waals surface area contributed by atoms with Crippen molar-refractivity contribution in [1.82, 2.24) is 5.32 Å². The highest BCUT2D eigenvalue weighted by molar-refractivity contribution is 8.02. The van der Waals surface area contributed by atoms with Crippen molar-refractivity contribution in [2.24, 2.45) is 0 Å². The molecule has 1 N–H and O–H groups in total. The summed E-state index contributed by atoms with van der Waals surface area (Å²) in [6.07, 6.45) is 3.20. The number of nitriles is 1. The van der Waals surface area contributed by atoms with E-state index in [-0.39, 0.29) is 11.8 Å². The van der Waals surface area contributed by atoms with E-state index in [1.165, 1.54) is 17.3 Å². The molecule has 1 aromatic carbocycles. The minimum absolute atomic E-state index is 0.0204. The molecule has 98 valence electrons. The van der Waals surface area contributed by atoms with E-state index in [2.05, 4.69) is 30.4 Å². The second kappa shape index (κ2) is 5.94. The molecule has 1 aliphatic heterocycles. The van der Waals surface area contributed by atoms with E-state index >= 15 is 0 Å². The van der Waals surface area contributed by atoms with Gasteiger partial charge >= 0.3 is 0 Å². The molecule has 3 nitrogen and oxygen atoms in total. The highest BCUT2D eigenvalue weighted by atomic mass is 32.2. The number of hydrogen-bond donors (Lipinski definition) is 1. The summed E-state index contributed by atoms with van der Waals surface area (Å²) in [5, 5.41) is 12.8. The number of benzene rings is 1. The van der Waals surface area contributed by atoms with Crippen LogP contribution in [0.15, 0.2) is 34.9 Å². The molecule has 0 saturated heterocycles. The molecule has 1 heterocycles. The Labute approximate surface area is 117 Å². The Morgan fingerprint density at radius 2 is 2.11 bits per heavy atom. The molecule has 0 spiro atoms. The zero-order valence-electron chi connectivity index (χ0n) is 11.1. The quantitative estimate of drug-likeness (QED) is 0.920. The first-order chi connectivity index (χ1) is 9.19. The van der Waals surface area contributed by atoms with Crippen molar-refractivity contribution in [2.75, 3.05) is 6.26 Å². The summed E-state index contributed by atoms with van der Waals surface area (Å²) in [6.45, 7) is 2.11. The third-order valence-electron chi connectivity index (χ3n) is 3.35.